The first-order valence-electron chi connectivity index (χ1n) is 10.8. The number of nitrogens with zero attached hydrogens (tertiary/aromatic N) is 5. The van der Waals surface area contributed by atoms with Crippen molar-refractivity contribution >= 4 is 11.8 Å². The van der Waals surface area contributed by atoms with Crippen LogP contribution in [-0.4, -0.2) is 75.1 Å². The number of hydrogen-bond donors (Lipinski definition) is 0. The summed E-state index contributed by atoms with van der Waals surface area (Å²) in [5.41, 5.74) is 0.983. The summed E-state index contributed by atoms with van der Waals surface area (Å²) >= 11 is 0. The van der Waals surface area contributed by atoms with Crippen molar-refractivity contribution in [1.82, 2.24) is 24.5 Å². The second-order valence-electron chi connectivity index (χ2n) is 9.02. The first-order valence-corrected chi connectivity index (χ1v) is 10.8. The van der Waals surface area contributed by atoms with E-state index in [1.807, 2.05) is 27.6 Å². The highest BCUT2D eigenvalue weighted by Crippen LogP contribution is 2.44. The molecular weight excluding hydrogens is 354 g/mol. The minimum absolute atomic E-state index is 0.162. The minimum Gasteiger partial charge on any atom is -0.340 e. The maximum absolute atomic E-state index is 13.5. The van der Waals surface area contributed by atoms with Gasteiger partial charge in [-0.2, -0.15) is 5.10 Å². The van der Waals surface area contributed by atoms with Crippen molar-refractivity contribution in [2.24, 2.45) is 18.9 Å². The van der Waals surface area contributed by atoms with E-state index in [2.05, 4.69) is 23.8 Å². The molecule has 0 bridgehead atoms. The molecule has 0 N–H and O–H groups in total. The number of likely N-dealkylation sites (tertiary alicyclic amines) is 1. The average Bonchev–Trinajstić information content (AvgIpc) is 3.41. The predicted octanol–water partition coefficient (Wildman–Crippen LogP) is 1.66. The van der Waals surface area contributed by atoms with Crippen LogP contribution in [0.4, 0.5) is 0 Å². The number of piperazine rings is 1. The fourth-order valence-corrected chi connectivity index (χ4v) is 4.88. The van der Waals surface area contributed by atoms with Crippen LogP contribution in [0.25, 0.3) is 0 Å². The van der Waals surface area contributed by atoms with Crippen LogP contribution in [-0.2, 0) is 16.6 Å². The Labute approximate surface area is 167 Å². The number of aryl methyl sites for hydroxylation is 1. The predicted molar refractivity (Wildman–Crippen MR) is 106 cm³/mol. The van der Waals surface area contributed by atoms with Crippen molar-refractivity contribution in [3.63, 3.8) is 0 Å². The molecular formula is C21H33N5O2. The molecule has 2 aliphatic heterocycles. The molecule has 0 spiro atoms. The summed E-state index contributed by atoms with van der Waals surface area (Å²) in [5, 5.41) is 4.32. The third-order valence-corrected chi connectivity index (χ3v) is 6.36. The lowest BCUT2D eigenvalue weighted by Crippen LogP contribution is -2.54. The van der Waals surface area contributed by atoms with Crippen LogP contribution in [0.2, 0.25) is 0 Å². The van der Waals surface area contributed by atoms with Gasteiger partial charge in [-0.1, -0.05) is 13.8 Å². The maximum atomic E-state index is 13.5. The number of amides is 2. The molecule has 3 fully saturated rings. The lowest BCUT2D eigenvalue weighted by Gasteiger charge is -2.44. The van der Waals surface area contributed by atoms with E-state index in [0.29, 0.717) is 24.8 Å². The monoisotopic (exact) mass is 387 g/mol. The summed E-state index contributed by atoms with van der Waals surface area (Å²) in [5.74, 6) is 0.895. The zero-order valence-corrected chi connectivity index (χ0v) is 17.4. The highest BCUT2D eigenvalue weighted by molar-refractivity contribution is 5.85. The van der Waals surface area contributed by atoms with Gasteiger partial charge in [0.05, 0.1) is 17.7 Å². The van der Waals surface area contributed by atoms with Gasteiger partial charge in [0, 0.05) is 58.4 Å². The van der Waals surface area contributed by atoms with E-state index in [1.54, 1.807) is 6.20 Å². The largest absolute Gasteiger partial charge is 0.340 e. The van der Waals surface area contributed by atoms with Gasteiger partial charge in [-0.05, 0) is 31.2 Å². The van der Waals surface area contributed by atoms with Gasteiger partial charge in [0.2, 0.25) is 11.8 Å². The molecule has 3 aliphatic rings. The van der Waals surface area contributed by atoms with E-state index in [4.69, 9.17) is 0 Å². The Kier molecular flexibility index (Phi) is 5.45. The van der Waals surface area contributed by atoms with Crippen molar-refractivity contribution in [3.8, 4) is 0 Å². The molecule has 1 aromatic heterocycles. The van der Waals surface area contributed by atoms with Gasteiger partial charge in [0.15, 0.2) is 0 Å². The molecule has 2 amide bonds. The molecule has 28 heavy (non-hydrogen) atoms. The number of rotatable bonds is 5. The maximum Gasteiger partial charge on any atom is 0.228 e. The van der Waals surface area contributed by atoms with Gasteiger partial charge in [0.25, 0.3) is 0 Å². The Morgan fingerprint density at radius 2 is 1.89 bits per heavy atom. The molecule has 0 radical (unpaired) electrons. The van der Waals surface area contributed by atoms with Gasteiger partial charge >= 0.3 is 0 Å². The Balaban J connectivity index is 1.52. The molecule has 0 aromatic carbocycles. The molecule has 1 aliphatic carbocycles. The van der Waals surface area contributed by atoms with Crippen LogP contribution in [0.5, 0.6) is 0 Å². The van der Waals surface area contributed by atoms with Crippen molar-refractivity contribution in [3.05, 3.63) is 18.0 Å². The van der Waals surface area contributed by atoms with Gasteiger partial charge in [-0.3, -0.25) is 19.2 Å². The average molecular weight is 388 g/mol. The topological polar surface area (TPSA) is 61.7 Å². The van der Waals surface area contributed by atoms with Crippen molar-refractivity contribution in [2.75, 3.05) is 32.7 Å². The number of aromatic nitrogens is 2. The van der Waals surface area contributed by atoms with Gasteiger partial charge in [-0.25, -0.2) is 0 Å². The number of carbonyl (C=O) groups excluding carboxylic acids is 2. The molecule has 1 aromatic rings. The zero-order valence-electron chi connectivity index (χ0n) is 17.4. The standard InChI is InChI=1S/C21H33N5O2/c1-15(2)14-24-10-12-25(13-11-24)21(28)17-6-7-19(27)26(16-4-5-16)20(17)18-8-9-22-23(18)3/h8-9,15-17,20H,4-7,10-14H2,1-3H3. The van der Waals surface area contributed by atoms with Crippen LogP contribution < -0.4 is 0 Å². The first-order chi connectivity index (χ1) is 13.5. The summed E-state index contributed by atoms with van der Waals surface area (Å²) in [4.78, 5) is 32.8. The Bertz CT molecular complexity index is 718. The smallest absolute Gasteiger partial charge is 0.228 e. The first kappa shape index (κ1) is 19.4. The molecule has 2 unspecified atom stereocenters. The van der Waals surface area contributed by atoms with Gasteiger partial charge in [-0.15, -0.1) is 0 Å². The third-order valence-electron chi connectivity index (χ3n) is 6.36. The van der Waals surface area contributed by atoms with Crippen molar-refractivity contribution in [2.45, 2.75) is 51.6 Å². The number of hydrogen-bond acceptors (Lipinski definition) is 4. The van der Waals surface area contributed by atoms with E-state index < -0.39 is 0 Å². The van der Waals surface area contributed by atoms with Crippen molar-refractivity contribution < 1.29 is 9.59 Å². The summed E-state index contributed by atoms with van der Waals surface area (Å²) in [6, 6.07) is 2.09. The highest BCUT2D eigenvalue weighted by Gasteiger charge is 2.48. The highest BCUT2D eigenvalue weighted by atomic mass is 16.2. The van der Waals surface area contributed by atoms with Crippen LogP contribution in [0, 0.1) is 11.8 Å². The van der Waals surface area contributed by atoms with Crippen molar-refractivity contribution in [1.29, 1.82) is 0 Å². The molecule has 7 nitrogen and oxygen atoms in total. The second-order valence-corrected chi connectivity index (χ2v) is 9.02. The normalized spacial score (nSPS) is 26.9. The third kappa shape index (κ3) is 3.81. The molecule has 7 heteroatoms. The fraction of sp³-hybridized carbons (Fsp3) is 0.762. The lowest BCUT2D eigenvalue weighted by atomic mass is 9.85. The minimum atomic E-state index is -0.178. The summed E-state index contributed by atoms with van der Waals surface area (Å²) < 4.78 is 1.83. The Morgan fingerprint density at radius 3 is 2.46 bits per heavy atom. The SMILES string of the molecule is CC(C)CN1CCN(C(=O)C2CCC(=O)N(C3CC3)C2c2ccnn2C)CC1. The van der Waals surface area contributed by atoms with E-state index in [9.17, 15) is 9.59 Å². The van der Waals surface area contributed by atoms with E-state index >= 15 is 0 Å². The Hall–Kier alpha value is -1.89. The summed E-state index contributed by atoms with van der Waals surface area (Å²) in [6.45, 7) is 9.03. The summed E-state index contributed by atoms with van der Waals surface area (Å²) in [7, 11) is 1.91. The summed E-state index contributed by atoms with van der Waals surface area (Å²) in [6.07, 6.45) is 4.99. The van der Waals surface area contributed by atoms with Gasteiger partial charge < -0.3 is 9.80 Å². The fourth-order valence-electron chi connectivity index (χ4n) is 4.88. The Morgan fingerprint density at radius 1 is 1.18 bits per heavy atom. The quantitative estimate of drug-likeness (QED) is 0.771. The van der Waals surface area contributed by atoms with Crippen LogP contribution in [0.1, 0.15) is 51.3 Å². The molecule has 2 atom stereocenters. The number of piperidine rings is 1. The molecule has 1 saturated carbocycles. The molecule has 4 rings (SSSR count). The van der Waals surface area contributed by atoms with E-state index in [-0.39, 0.29) is 23.8 Å². The second kappa shape index (κ2) is 7.85. The van der Waals surface area contributed by atoms with Gasteiger partial charge in [0.1, 0.15) is 0 Å². The van der Waals surface area contributed by atoms with Crippen LogP contribution in [0.3, 0.4) is 0 Å². The molecule has 3 heterocycles. The lowest BCUT2D eigenvalue weighted by molar-refractivity contribution is -0.150. The molecule has 2 saturated heterocycles. The van der Waals surface area contributed by atoms with E-state index in [1.165, 1.54) is 0 Å². The zero-order chi connectivity index (χ0) is 19.8. The van der Waals surface area contributed by atoms with Crippen LogP contribution >= 0.6 is 0 Å². The molecule has 154 valence electrons. The number of carbonyl (C=O) groups is 2. The van der Waals surface area contributed by atoms with Crippen LogP contribution in [0.15, 0.2) is 12.3 Å². The van der Waals surface area contributed by atoms with E-state index in [0.717, 1.165) is 51.3 Å².